The molecule has 0 saturated carbocycles. The van der Waals surface area contributed by atoms with Gasteiger partial charge in [-0.3, -0.25) is 9.89 Å². The van der Waals surface area contributed by atoms with Crippen molar-refractivity contribution >= 4 is 23.2 Å². The third kappa shape index (κ3) is 3.90. The molecule has 0 saturated heterocycles. The van der Waals surface area contributed by atoms with E-state index in [-0.39, 0.29) is 5.91 Å². The fourth-order valence-corrected chi connectivity index (χ4v) is 2.87. The Balaban J connectivity index is 1.98. The molecule has 0 fully saturated rings. The van der Waals surface area contributed by atoms with Gasteiger partial charge in [-0.15, -0.1) is 0 Å². The molecule has 2 aromatic carbocycles. The Labute approximate surface area is 162 Å². The van der Waals surface area contributed by atoms with Gasteiger partial charge >= 0.3 is 0 Å². The molecular formula is C20H20ClN3O3. The zero-order valence-electron chi connectivity index (χ0n) is 15.3. The smallest absolute Gasteiger partial charge is 0.255 e. The van der Waals surface area contributed by atoms with E-state index in [1.54, 1.807) is 44.6 Å². The highest BCUT2D eigenvalue weighted by Crippen LogP contribution is 2.35. The van der Waals surface area contributed by atoms with E-state index in [4.69, 9.17) is 21.1 Å². The molecular weight excluding hydrogens is 366 g/mol. The predicted molar refractivity (Wildman–Crippen MR) is 106 cm³/mol. The van der Waals surface area contributed by atoms with Gasteiger partial charge in [-0.05, 0) is 48.9 Å². The number of H-pyrrole nitrogens is 1. The van der Waals surface area contributed by atoms with Gasteiger partial charge in [-0.25, -0.2) is 0 Å². The first-order valence-electron chi connectivity index (χ1n) is 8.44. The highest BCUT2D eigenvalue weighted by atomic mass is 35.5. The van der Waals surface area contributed by atoms with Gasteiger partial charge in [0, 0.05) is 16.1 Å². The van der Waals surface area contributed by atoms with Crippen LogP contribution in [0.15, 0.2) is 42.5 Å². The Hall–Kier alpha value is -2.99. The van der Waals surface area contributed by atoms with Gasteiger partial charge < -0.3 is 14.8 Å². The number of nitrogens with one attached hydrogen (secondary N) is 2. The number of anilines is 1. The van der Waals surface area contributed by atoms with Crippen LogP contribution in [0.3, 0.4) is 0 Å². The number of carbonyl (C=O) groups is 1. The molecule has 27 heavy (non-hydrogen) atoms. The fourth-order valence-electron chi connectivity index (χ4n) is 2.75. The summed E-state index contributed by atoms with van der Waals surface area (Å²) in [6.07, 6.45) is 0.691. The first-order chi connectivity index (χ1) is 13.1. The Morgan fingerprint density at radius 3 is 2.44 bits per heavy atom. The van der Waals surface area contributed by atoms with E-state index in [9.17, 15) is 4.79 Å². The second-order valence-corrected chi connectivity index (χ2v) is 6.25. The molecule has 6 nitrogen and oxygen atoms in total. The number of rotatable bonds is 6. The molecule has 1 amide bonds. The number of methoxy groups -OCH3 is 2. The molecule has 140 valence electrons. The van der Waals surface area contributed by atoms with E-state index >= 15 is 0 Å². The first kappa shape index (κ1) is 18.8. The number of aromatic nitrogens is 2. The van der Waals surface area contributed by atoms with E-state index in [1.165, 1.54) is 0 Å². The SMILES string of the molecule is CCc1[nH]nc(-c2ccc(OC)c(OC)c2)c1NC(=O)c1ccc(Cl)cc1. The van der Waals surface area contributed by atoms with Gasteiger partial charge in [0.1, 0.15) is 5.69 Å². The number of ether oxygens (including phenoxy) is 2. The second-order valence-electron chi connectivity index (χ2n) is 5.81. The van der Waals surface area contributed by atoms with Gasteiger partial charge in [-0.2, -0.15) is 5.10 Å². The van der Waals surface area contributed by atoms with Gasteiger partial charge in [0.15, 0.2) is 11.5 Å². The summed E-state index contributed by atoms with van der Waals surface area (Å²) in [6.45, 7) is 1.99. The summed E-state index contributed by atoms with van der Waals surface area (Å²) >= 11 is 5.90. The fraction of sp³-hybridized carbons (Fsp3) is 0.200. The molecule has 0 atom stereocenters. The highest BCUT2D eigenvalue weighted by Gasteiger charge is 2.18. The van der Waals surface area contributed by atoms with Crippen molar-refractivity contribution in [2.24, 2.45) is 0 Å². The van der Waals surface area contributed by atoms with Crippen LogP contribution in [0.1, 0.15) is 23.0 Å². The normalized spacial score (nSPS) is 10.5. The largest absolute Gasteiger partial charge is 0.493 e. The maximum atomic E-state index is 12.7. The number of hydrogen-bond donors (Lipinski definition) is 2. The van der Waals surface area contributed by atoms with E-state index in [2.05, 4.69) is 15.5 Å². The zero-order chi connectivity index (χ0) is 19.4. The van der Waals surface area contributed by atoms with Crippen LogP contribution in [0, 0.1) is 0 Å². The van der Waals surface area contributed by atoms with Crippen molar-refractivity contribution in [2.75, 3.05) is 19.5 Å². The van der Waals surface area contributed by atoms with Crippen LogP contribution >= 0.6 is 11.6 Å². The maximum absolute atomic E-state index is 12.7. The van der Waals surface area contributed by atoms with Crippen LogP contribution in [0.5, 0.6) is 11.5 Å². The van der Waals surface area contributed by atoms with E-state index in [1.807, 2.05) is 19.1 Å². The van der Waals surface area contributed by atoms with Gasteiger partial charge in [-0.1, -0.05) is 18.5 Å². The Bertz CT molecular complexity index is 952. The van der Waals surface area contributed by atoms with Crippen molar-refractivity contribution < 1.29 is 14.3 Å². The van der Waals surface area contributed by atoms with Crippen LogP contribution in [-0.4, -0.2) is 30.3 Å². The average Bonchev–Trinajstić information content (AvgIpc) is 3.10. The van der Waals surface area contributed by atoms with Crippen LogP contribution < -0.4 is 14.8 Å². The molecule has 0 spiro atoms. The third-order valence-corrected chi connectivity index (χ3v) is 4.45. The Morgan fingerprint density at radius 1 is 1.11 bits per heavy atom. The lowest BCUT2D eigenvalue weighted by molar-refractivity contribution is 0.102. The lowest BCUT2D eigenvalue weighted by Gasteiger charge is -2.11. The van der Waals surface area contributed by atoms with Crippen LogP contribution in [0.2, 0.25) is 5.02 Å². The number of nitrogens with zero attached hydrogens (tertiary/aromatic N) is 1. The van der Waals surface area contributed by atoms with Crippen molar-refractivity contribution in [2.45, 2.75) is 13.3 Å². The highest BCUT2D eigenvalue weighted by molar-refractivity contribution is 6.30. The summed E-state index contributed by atoms with van der Waals surface area (Å²) in [7, 11) is 3.16. The Kier molecular flexibility index (Phi) is 5.66. The maximum Gasteiger partial charge on any atom is 0.255 e. The predicted octanol–water partition coefficient (Wildman–Crippen LogP) is 4.56. The molecule has 0 bridgehead atoms. The summed E-state index contributed by atoms with van der Waals surface area (Å²) in [5.41, 5.74) is 3.43. The molecule has 0 radical (unpaired) electrons. The van der Waals surface area contributed by atoms with Crippen LogP contribution in [0.4, 0.5) is 5.69 Å². The zero-order valence-corrected chi connectivity index (χ0v) is 16.1. The standard InChI is InChI=1S/C20H20ClN3O3/c1-4-15-19(22-20(25)12-5-8-14(21)9-6-12)18(24-23-15)13-7-10-16(26-2)17(11-13)27-3/h5-11H,4H2,1-3H3,(H,22,25)(H,23,24). The van der Waals surface area contributed by atoms with Crippen molar-refractivity contribution in [3.05, 3.63) is 58.7 Å². The minimum absolute atomic E-state index is 0.232. The second kappa shape index (κ2) is 8.14. The molecule has 3 rings (SSSR count). The lowest BCUT2D eigenvalue weighted by Crippen LogP contribution is -2.13. The molecule has 0 aliphatic heterocycles. The minimum Gasteiger partial charge on any atom is -0.493 e. The average molecular weight is 386 g/mol. The molecule has 0 unspecified atom stereocenters. The number of amides is 1. The van der Waals surface area contributed by atoms with Crippen molar-refractivity contribution in [3.8, 4) is 22.8 Å². The number of benzene rings is 2. The molecule has 3 aromatic rings. The quantitative estimate of drug-likeness (QED) is 0.652. The summed E-state index contributed by atoms with van der Waals surface area (Å²) < 4.78 is 10.7. The van der Waals surface area contributed by atoms with Gasteiger partial charge in [0.25, 0.3) is 5.91 Å². The van der Waals surface area contributed by atoms with Crippen LogP contribution in [0.25, 0.3) is 11.3 Å². The molecule has 1 heterocycles. The number of carbonyl (C=O) groups excluding carboxylic acids is 1. The number of hydrogen-bond acceptors (Lipinski definition) is 4. The van der Waals surface area contributed by atoms with E-state index in [0.717, 1.165) is 11.3 Å². The number of aryl methyl sites for hydroxylation is 1. The van der Waals surface area contributed by atoms with Crippen molar-refractivity contribution in [3.63, 3.8) is 0 Å². The lowest BCUT2D eigenvalue weighted by atomic mass is 10.1. The molecule has 0 aliphatic rings. The summed E-state index contributed by atoms with van der Waals surface area (Å²) in [5.74, 6) is 0.981. The molecule has 2 N–H and O–H groups in total. The summed E-state index contributed by atoms with van der Waals surface area (Å²) in [5, 5.41) is 10.9. The Morgan fingerprint density at radius 2 is 1.81 bits per heavy atom. The number of aromatic amines is 1. The van der Waals surface area contributed by atoms with Gasteiger partial charge in [0.2, 0.25) is 0 Å². The first-order valence-corrected chi connectivity index (χ1v) is 8.81. The van der Waals surface area contributed by atoms with E-state index in [0.29, 0.717) is 39.9 Å². The minimum atomic E-state index is -0.232. The molecule has 1 aromatic heterocycles. The molecule has 7 heteroatoms. The van der Waals surface area contributed by atoms with Crippen molar-refractivity contribution in [1.29, 1.82) is 0 Å². The third-order valence-electron chi connectivity index (χ3n) is 4.20. The van der Waals surface area contributed by atoms with E-state index < -0.39 is 0 Å². The topological polar surface area (TPSA) is 76.2 Å². The van der Waals surface area contributed by atoms with Gasteiger partial charge in [0.05, 0.1) is 25.6 Å². The summed E-state index contributed by atoms with van der Waals surface area (Å²) in [6, 6.07) is 12.2. The molecule has 0 aliphatic carbocycles. The number of halogens is 1. The summed E-state index contributed by atoms with van der Waals surface area (Å²) in [4.78, 5) is 12.7. The van der Waals surface area contributed by atoms with Crippen LogP contribution in [-0.2, 0) is 6.42 Å². The monoisotopic (exact) mass is 385 g/mol. The van der Waals surface area contributed by atoms with Crippen molar-refractivity contribution in [1.82, 2.24) is 10.2 Å².